The number of amides is 2. The molecular formula is C32H32N8O6. The van der Waals surface area contributed by atoms with Gasteiger partial charge in [0.1, 0.15) is 6.54 Å². The quantitative estimate of drug-likeness (QED) is 0.216. The van der Waals surface area contributed by atoms with Crippen molar-refractivity contribution in [2.75, 3.05) is 12.4 Å². The van der Waals surface area contributed by atoms with Gasteiger partial charge >= 0.3 is 6.09 Å². The number of nitrogens with zero attached hydrogens (tertiary/aromatic N) is 6. The molecule has 46 heavy (non-hydrogen) atoms. The van der Waals surface area contributed by atoms with E-state index in [-0.39, 0.29) is 23.5 Å². The number of anilines is 1. The van der Waals surface area contributed by atoms with E-state index in [2.05, 4.69) is 40.5 Å². The van der Waals surface area contributed by atoms with Gasteiger partial charge in [0, 0.05) is 0 Å². The van der Waals surface area contributed by atoms with Gasteiger partial charge in [-0.2, -0.15) is 0 Å². The molecule has 5 aromatic rings. The standard InChI is InChI=1S/C32H32N8O6/c1-18(2)25(26(42)28-38-39-30(46-28)32(3,4)23-16-33-20-13-9-10-14-21(20)35-23)36-24(41)17-40-22(19-11-7-6-8-12-19)15-34-27(29(40)43)37-31(44)45-5/h6-16,18,25H,17H2,1-5H3,(H,36,41)(H,34,37,44)/t25-/m0/s1. The molecule has 0 saturated heterocycles. The van der Waals surface area contributed by atoms with E-state index in [4.69, 9.17) is 4.42 Å². The summed E-state index contributed by atoms with van der Waals surface area (Å²) in [5.41, 5.74) is 1.31. The van der Waals surface area contributed by atoms with E-state index in [1.165, 1.54) is 6.20 Å². The van der Waals surface area contributed by atoms with Crippen LogP contribution in [0.4, 0.5) is 10.6 Å². The number of ketones is 1. The fraction of sp³-hybridized carbons (Fsp3) is 0.281. The van der Waals surface area contributed by atoms with Crippen LogP contribution in [0.5, 0.6) is 0 Å². The van der Waals surface area contributed by atoms with E-state index in [0.717, 1.165) is 17.2 Å². The smallest absolute Gasteiger partial charge is 0.412 e. The van der Waals surface area contributed by atoms with Crippen molar-refractivity contribution in [3.05, 3.63) is 94.8 Å². The molecule has 3 heterocycles. The van der Waals surface area contributed by atoms with Crippen LogP contribution in [-0.2, 0) is 21.5 Å². The van der Waals surface area contributed by atoms with Crippen molar-refractivity contribution >= 4 is 34.6 Å². The van der Waals surface area contributed by atoms with Crippen molar-refractivity contribution in [2.24, 2.45) is 5.92 Å². The second-order valence-electron chi connectivity index (χ2n) is 11.3. The molecule has 0 saturated carbocycles. The van der Waals surface area contributed by atoms with Crippen LogP contribution in [0.25, 0.3) is 22.3 Å². The second kappa shape index (κ2) is 13.1. The Hall–Kier alpha value is -5.79. The minimum atomic E-state index is -1.06. The number of methoxy groups -OCH3 is 1. The average Bonchev–Trinajstić information content (AvgIpc) is 3.57. The van der Waals surface area contributed by atoms with Crippen molar-refractivity contribution in [3.63, 3.8) is 0 Å². The number of carbonyl (C=O) groups is 3. The largest absolute Gasteiger partial charge is 0.453 e. The highest BCUT2D eigenvalue weighted by Crippen LogP contribution is 2.30. The molecule has 236 valence electrons. The Kier molecular flexibility index (Phi) is 8.98. The van der Waals surface area contributed by atoms with E-state index in [1.54, 1.807) is 50.4 Å². The number of Topliss-reactive ketones (excluding diaryl/α,β-unsaturated/α-hetero) is 1. The molecule has 5 rings (SSSR count). The predicted octanol–water partition coefficient (Wildman–Crippen LogP) is 3.76. The lowest BCUT2D eigenvalue weighted by atomic mass is 9.89. The van der Waals surface area contributed by atoms with Gasteiger partial charge in [0.05, 0.1) is 53.4 Å². The Morgan fingerprint density at radius 1 is 0.957 bits per heavy atom. The molecule has 14 heteroatoms. The maximum Gasteiger partial charge on any atom is 0.412 e. The first-order valence-corrected chi connectivity index (χ1v) is 14.4. The number of benzene rings is 2. The maximum absolute atomic E-state index is 13.6. The molecule has 0 radical (unpaired) electrons. The summed E-state index contributed by atoms with van der Waals surface area (Å²) >= 11 is 0. The number of ether oxygens (including phenoxy) is 1. The van der Waals surface area contributed by atoms with Gasteiger partial charge < -0.3 is 14.5 Å². The maximum atomic E-state index is 13.6. The lowest BCUT2D eigenvalue weighted by molar-refractivity contribution is -0.122. The van der Waals surface area contributed by atoms with E-state index < -0.39 is 41.3 Å². The number of para-hydroxylation sites is 2. The summed E-state index contributed by atoms with van der Waals surface area (Å²) in [7, 11) is 1.15. The zero-order chi connectivity index (χ0) is 33.0. The number of rotatable bonds is 10. The topological polar surface area (TPSA) is 184 Å². The van der Waals surface area contributed by atoms with Gasteiger partial charge in [-0.3, -0.25) is 29.3 Å². The zero-order valence-electron chi connectivity index (χ0n) is 25.8. The third kappa shape index (κ3) is 6.50. The minimum absolute atomic E-state index is 0.149. The van der Waals surface area contributed by atoms with Gasteiger partial charge in [-0.1, -0.05) is 56.3 Å². The first-order valence-electron chi connectivity index (χ1n) is 14.4. The second-order valence-corrected chi connectivity index (χ2v) is 11.3. The molecule has 1 atom stereocenters. The van der Waals surface area contributed by atoms with Crippen LogP contribution in [0.1, 0.15) is 50.0 Å². The lowest BCUT2D eigenvalue weighted by Crippen LogP contribution is -2.46. The molecule has 3 aromatic heterocycles. The highest BCUT2D eigenvalue weighted by molar-refractivity contribution is 5.98. The molecule has 2 N–H and O–H groups in total. The number of hydrogen-bond donors (Lipinski definition) is 2. The van der Waals surface area contributed by atoms with Gasteiger partial charge in [0.15, 0.2) is 0 Å². The van der Waals surface area contributed by atoms with E-state index in [0.29, 0.717) is 22.5 Å². The SMILES string of the molecule is COC(=O)Nc1ncc(-c2ccccc2)n(CC(=O)N[C@H](C(=O)c2nnc(C(C)(C)c3cnc4ccccc4n3)o2)C(C)C)c1=O. The van der Waals surface area contributed by atoms with Gasteiger partial charge in [0.2, 0.25) is 23.4 Å². The van der Waals surface area contributed by atoms with Gasteiger partial charge in [-0.05, 0) is 37.5 Å². The first-order chi connectivity index (χ1) is 22.0. The highest BCUT2D eigenvalue weighted by Gasteiger charge is 2.35. The molecule has 0 aliphatic carbocycles. The monoisotopic (exact) mass is 624 g/mol. The summed E-state index contributed by atoms with van der Waals surface area (Å²) in [6.45, 7) is 6.67. The van der Waals surface area contributed by atoms with Crippen LogP contribution in [0.2, 0.25) is 0 Å². The van der Waals surface area contributed by atoms with E-state index >= 15 is 0 Å². The molecule has 14 nitrogen and oxygen atoms in total. The van der Waals surface area contributed by atoms with Crippen LogP contribution in [0.15, 0.2) is 76.2 Å². The van der Waals surface area contributed by atoms with Crippen LogP contribution in [0.3, 0.4) is 0 Å². The number of aromatic nitrogens is 6. The van der Waals surface area contributed by atoms with Crippen LogP contribution < -0.4 is 16.2 Å². The van der Waals surface area contributed by atoms with E-state index in [9.17, 15) is 19.2 Å². The fourth-order valence-corrected chi connectivity index (χ4v) is 4.69. The average molecular weight is 625 g/mol. The lowest BCUT2D eigenvalue weighted by Gasteiger charge is -2.21. The predicted molar refractivity (Wildman–Crippen MR) is 167 cm³/mol. The van der Waals surface area contributed by atoms with Crippen LogP contribution >= 0.6 is 0 Å². The summed E-state index contributed by atoms with van der Waals surface area (Å²) < 4.78 is 11.6. The Labute approximate surface area is 263 Å². The van der Waals surface area contributed by atoms with Crippen molar-refractivity contribution in [1.82, 2.24) is 35.0 Å². The summed E-state index contributed by atoms with van der Waals surface area (Å²) in [4.78, 5) is 65.4. The molecule has 2 aromatic carbocycles. The van der Waals surface area contributed by atoms with Crippen molar-refractivity contribution in [3.8, 4) is 11.3 Å². The molecule has 0 unspecified atom stereocenters. The molecule has 0 aliphatic rings. The van der Waals surface area contributed by atoms with Crippen LogP contribution in [-0.4, -0.2) is 60.7 Å². The van der Waals surface area contributed by atoms with Gasteiger partial charge in [0.25, 0.3) is 11.4 Å². The third-order valence-electron chi connectivity index (χ3n) is 7.36. The number of nitrogens with one attached hydrogen (secondary N) is 2. The summed E-state index contributed by atoms with van der Waals surface area (Å²) in [6.07, 6.45) is 2.10. The zero-order valence-corrected chi connectivity index (χ0v) is 25.8. The summed E-state index contributed by atoms with van der Waals surface area (Å²) in [5.74, 6) is -2.09. The summed E-state index contributed by atoms with van der Waals surface area (Å²) in [6, 6.07) is 15.2. The fourth-order valence-electron chi connectivity index (χ4n) is 4.69. The molecular weight excluding hydrogens is 592 g/mol. The highest BCUT2D eigenvalue weighted by atomic mass is 16.5. The number of carbonyl (C=O) groups excluding carboxylic acids is 3. The molecule has 0 bridgehead atoms. The minimum Gasteiger partial charge on any atom is -0.453 e. The molecule has 0 fully saturated rings. The van der Waals surface area contributed by atoms with Crippen molar-refractivity contribution < 1.29 is 23.5 Å². The Balaban J connectivity index is 1.39. The van der Waals surface area contributed by atoms with E-state index in [1.807, 2.05) is 38.1 Å². The van der Waals surface area contributed by atoms with Crippen LogP contribution in [0, 0.1) is 5.92 Å². The summed E-state index contributed by atoms with van der Waals surface area (Å²) in [5, 5.41) is 13.1. The van der Waals surface area contributed by atoms with Crippen molar-refractivity contribution in [1.29, 1.82) is 0 Å². The molecule has 0 aliphatic heterocycles. The third-order valence-corrected chi connectivity index (χ3v) is 7.36. The normalized spacial score (nSPS) is 12.1. The Morgan fingerprint density at radius 3 is 2.35 bits per heavy atom. The first kappa shape index (κ1) is 31.6. The molecule has 0 spiro atoms. The van der Waals surface area contributed by atoms with Gasteiger partial charge in [-0.25, -0.2) is 14.8 Å². The van der Waals surface area contributed by atoms with Gasteiger partial charge in [-0.15, -0.1) is 10.2 Å². The Morgan fingerprint density at radius 2 is 1.65 bits per heavy atom. The number of hydrogen-bond acceptors (Lipinski definition) is 11. The molecule has 2 amide bonds. The Bertz CT molecular complexity index is 1970. The number of fused-ring (bicyclic) bond motifs is 1. The van der Waals surface area contributed by atoms with Crippen molar-refractivity contribution in [2.45, 2.75) is 45.7 Å².